The molecular weight excluding hydrogens is 207 g/mol. The summed E-state index contributed by atoms with van der Waals surface area (Å²) in [4.78, 5) is 0. The van der Waals surface area contributed by atoms with Gasteiger partial charge in [-0.1, -0.05) is 40.9 Å². The molecule has 0 aliphatic rings. The predicted molar refractivity (Wildman–Crippen MR) is 44.1 cm³/mol. The molecule has 12 heavy (non-hydrogen) atoms. The van der Waals surface area contributed by atoms with Crippen molar-refractivity contribution in [3.05, 3.63) is 34.9 Å². The maximum absolute atomic E-state index is 10.3. The topological polar surface area (TPSA) is 40.1 Å². The normalized spacial score (nSPS) is 11.8. The van der Waals surface area contributed by atoms with E-state index in [1.54, 1.807) is 24.3 Å². The first-order chi connectivity index (χ1) is 5.20. The third-order valence-electron chi connectivity index (χ3n) is 1.23. The number of benzene rings is 1. The summed E-state index contributed by atoms with van der Waals surface area (Å²) >= 11 is 3.63. The van der Waals surface area contributed by atoms with Crippen LogP contribution in [0.15, 0.2) is 24.3 Å². The fourth-order valence-corrected chi connectivity index (χ4v) is 1.53. The van der Waals surface area contributed by atoms with Crippen molar-refractivity contribution < 1.29 is 38.3 Å². The molecule has 0 amide bonds. The van der Waals surface area contributed by atoms with Crippen LogP contribution in [-0.4, -0.2) is 8.76 Å². The Kier molecular flexibility index (Phi) is 6.45. The molecule has 0 bridgehead atoms. The van der Waals surface area contributed by atoms with Gasteiger partial charge in [-0.15, -0.1) is 0 Å². The number of hydrogen-bond donors (Lipinski definition) is 0. The Balaban J connectivity index is 0.00000121. The zero-order valence-corrected chi connectivity index (χ0v) is 10.2. The fourth-order valence-electron chi connectivity index (χ4n) is 0.742. The molecule has 0 heterocycles. The molecule has 0 N–H and O–H groups in total. The molecule has 1 aromatic rings. The molecule has 2 nitrogen and oxygen atoms in total. The smallest absolute Gasteiger partial charge is 0.772 e. The monoisotopic (exact) mass is 212 g/mol. The van der Waals surface area contributed by atoms with E-state index in [9.17, 15) is 8.76 Å². The second kappa shape index (κ2) is 6.13. The Morgan fingerprint density at radius 3 is 2.50 bits per heavy atom. The second-order valence-electron chi connectivity index (χ2n) is 2.04. The van der Waals surface area contributed by atoms with E-state index in [-0.39, 0.29) is 35.3 Å². The van der Waals surface area contributed by atoms with Crippen molar-refractivity contribution in [2.75, 3.05) is 0 Å². The minimum Gasteiger partial charge on any atom is -0.772 e. The van der Waals surface area contributed by atoms with Gasteiger partial charge in [0.1, 0.15) is 0 Å². The average Bonchev–Trinajstić information content (AvgIpc) is 1.93. The van der Waals surface area contributed by atoms with Gasteiger partial charge in [-0.3, -0.25) is 4.21 Å². The minimum atomic E-state index is -2.06. The van der Waals surface area contributed by atoms with Crippen LogP contribution in [0.25, 0.3) is 0 Å². The Morgan fingerprint density at radius 2 is 2.00 bits per heavy atom. The number of rotatable bonds is 2. The van der Waals surface area contributed by atoms with Crippen LogP contribution in [0.2, 0.25) is 5.02 Å². The summed E-state index contributed by atoms with van der Waals surface area (Å²) in [5.74, 6) is -0.0142. The fraction of sp³-hybridized carbons (Fsp3) is 0.143. The third kappa shape index (κ3) is 4.03. The van der Waals surface area contributed by atoms with Crippen molar-refractivity contribution in [2.45, 2.75) is 5.75 Å². The molecule has 1 unspecified atom stereocenters. The molecule has 0 fully saturated rings. The molecule has 1 rings (SSSR count). The van der Waals surface area contributed by atoms with Gasteiger partial charge >= 0.3 is 29.6 Å². The standard InChI is InChI=1S/C7H7ClO2S.Na/c8-7-4-2-1-3-6(7)5-11(9)10;/h1-4H,5H2,(H,9,10);/q;+1/p-1. The molecule has 0 aromatic heterocycles. The summed E-state index contributed by atoms with van der Waals surface area (Å²) in [7, 11) is 0. The summed E-state index contributed by atoms with van der Waals surface area (Å²) in [5, 5.41) is 0.497. The molecule has 0 saturated carbocycles. The van der Waals surface area contributed by atoms with Gasteiger partial charge in [0.05, 0.1) is 0 Å². The van der Waals surface area contributed by atoms with E-state index in [1.165, 1.54) is 0 Å². The van der Waals surface area contributed by atoms with Gasteiger partial charge in [0.25, 0.3) is 0 Å². The average molecular weight is 213 g/mol. The first kappa shape index (κ1) is 12.6. The molecule has 0 aliphatic heterocycles. The van der Waals surface area contributed by atoms with Crippen LogP contribution in [0.5, 0.6) is 0 Å². The minimum absolute atomic E-state index is 0. The summed E-state index contributed by atoms with van der Waals surface area (Å²) in [6.07, 6.45) is 0. The summed E-state index contributed by atoms with van der Waals surface area (Å²) < 4.78 is 20.5. The molecule has 1 aromatic carbocycles. The van der Waals surface area contributed by atoms with Crippen LogP contribution in [0.1, 0.15) is 5.56 Å². The van der Waals surface area contributed by atoms with Crippen LogP contribution in [0.3, 0.4) is 0 Å². The maximum Gasteiger partial charge on any atom is 1.00 e. The second-order valence-corrected chi connectivity index (χ2v) is 3.34. The van der Waals surface area contributed by atoms with E-state index < -0.39 is 11.1 Å². The summed E-state index contributed by atoms with van der Waals surface area (Å²) in [6, 6.07) is 6.88. The Labute approximate surface area is 101 Å². The largest absolute Gasteiger partial charge is 1.00 e. The zero-order chi connectivity index (χ0) is 8.27. The van der Waals surface area contributed by atoms with Crippen LogP contribution in [0, 0.1) is 0 Å². The van der Waals surface area contributed by atoms with Crippen molar-refractivity contribution in [3.63, 3.8) is 0 Å². The number of halogens is 1. The number of hydrogen-bond acceptors (Lipinski definition) is 2. The van der Waals surface area contributed by atoms with Crippen LogP contribution in [0.4, 0.5) is 0 Å². The summed E-state index contributed by atoms with van der Waals surface area (Å²) in [5.41, 5.74) is 0.641. The van der Waals surface area contributed by atoms with E-state index in [0.29, 0.717) is 10.6 Å². The van der Waals surface area contributed by atoms with Gasteiger partial charge in [-0.2, -0.15) is 0 Å². The van der Waals surface area contributed by atoms with Gasteiger partial charge in [0, 0.05) is 10.8 Å². The van der Waals surface area contributed by atoms with Crippen molar-refractivity contribution in [2.24, 2.45) is 0 Å². The molecule has 0 radical (unpaired) electrons. The molecule has 0 spiro atoms. The van der Waals surface area contributed by atoms with Gasteiger partial charge in [0.2, 0.25) is 0 Å². The van der Waals surface area contributed by atoms with Gasteiger partial charge in [0.15, 0.2) is 0 Å². The van der Waals surface area contributed by atoms with Gasteiger partial charge < -0.3 is 4.55 Å². The first-order valence-electron chi connectivity index (χ1n) is 2.99. The molecule has 60 valence electrons. The van der Waals surface area contributed by atoms with Crippen molar-refractivity contribution in [3.8, 4) is 0 Å². The van der Waals surface area contributed by atoms with E-state index in [0.717, 1.165) is 0 Å². The quantitative estimate of drug-likeness (QED) is 0.453. The Bertz CT molecular complexity index is 280. The van der Waals surface area contributed by atoms with Gasteiger partial charge in [-0.25, -0.2) is 0 Å². The molecule has 1 atom stereocenters. The molecule has 0 aliphatic carbocycles. The van der Waals surface area contributed by atoms with Crippen molar-refractivity contribution in [1.29, 1.82) is 0 Å². The zero-order valence-electron chi connectivity index (χ0n) is 6.62. The van der Waals surface area contributed by atoms with Crippen LogP contribution >= 0.6 is 11.6 Å². The SMILES string of the molecule is O=S([O-])Cc1ccccc1Cl.[Na+]. The first-order valence-corrected chi connectivity index (χ1v) is 4.61. The molecular formula is C7H6ClNaO2S. The summed E-state index contributed by atoms with van der Waals surface area (Å²) in [6.45, 7) is 0. The maximum atomic E-state index is 10.3. The third-order valence-corrected chi connectivity index (χ3v) is 2.15. The molecule has 5 heteroatoms. The van der Waals surface area contributed by atoms with Crippen LogP contribution in [-0.2, 0) is 16.8 Å². The Morgan fingerprint density at radius 1 is 1.42 bits per heavy atom. The van der Waals surface area contributed by atoms with E-state index in [1.807, 2.05) is 0 Å². The Hall–Kier alpha value is 0.620. The van der Waals surface area contributed by atoms with Crippen LogP contribution < -0.4 is 29.6 Å². The van der Waals surface area contributed by atoms with E-state index in [4.69, 9.17) is 11.6 Å². The van der Waals surface area contributed by atoms with Gasteiger partial charge in [-0.05, 0) is 11.6 Å². The van der Waals surface area contributed by atoms with Crippen molar-refractivity contribution in [1.82, 2.24) is 0 Å². The van der Waals surface area contributed by atoms with E-state index >= 15 is 0 Å². The molecule has 0 saturated heterocycles. The van der Waals surface area contributed by atoms with Crippen molar-refractivity contribution >= 4 is 22.7 Å². The predicted octanol–water partition coefficient (Wildman–Crippen LogP) is -1.28. The van der Waals surface area contributed by atoms with E-state index in [2.05, 4.69) is 0 Å².